The molecule has 2 unspecified atom stereocenters. The van der Waals surface area contributed by atoms with Crippen LogP contribution < -0.4 is 10.0 Å². The molecule has 7 nitrogen and oxygen atoms in total. The van der Waals surface area contributed by atoms with Gasteiger partial charge < -0.3 is 10.4 Å². The number of carboxylic acid groups (broad SMARTS) is 1. The normalized spacial score (nSPS) is 14.7. The van der Waals surface area contributed by atoms with Crippen LogP contribution in [-0.2, 0) is 19.6 Å². The standard InChI is InChI=1S/C11H22N2O5S/c1-4-5-19(17,18)13-9(3)11(16)12-7-8(2)6-10(14)15/h8-9,13H,4-7H2,1-3H3,(H,12,16)(H,14,15). The lowest BCUT2D eigenvalue weighted by atomic mass is 10.1. The maximum atomic E-state index is 11.6. The van der Waals surface area contributed by atoms with Crippen molar-refractivity contribution >= 4 is 21.9 Å². The Balaban J connectivity index is 4.18. The average molecular weight is 294 g/mol. The van der Waals surface area contributed by atoms with Crippen molar-refractivity contribution in [3.8, 4) is 0 Å². The summed E-state index contributed by atoms with van der Waals surface area (Å²) in [5, 5.41) is 11.1. The molecule has 0 fully saturated rings. The monoisotopic (exact) mass is 294 g/mol. The van der Waals surface area contributed by atoms with Gasteiger partial charge in [-0.1, -0.05) is 13.8 Å². The van der Waals surface area contributed by atoms with E-state index >= 15 is 0 Å². The second-order valence-electron chi connectivity index (χ2n) is 4.61. The Bertz CT molecular complexity index is 407. The van der Waals surface area contributed by atoms with Gasteiger partial charge in [0, 0.05) is 13.0 Å². The zero-order valence-corrected chi connectivity index (χ0v) is 12.3. The quantitative estimate of drug-likeness (QED) is 0.551. The van der Waals surface area contributed by atoms with Gasteiger partial charge in [-0.25, -0.2) is 13.1 Å². The molecule has 0 saturated carbocycles. The van der Waals surface area contributed by atoms with Crippen LogP contribution in [0.5, 0.6) is 0 Å². The number of carbonyl (C=O) groups excluding carboxylic acids is 1. The van der Waals surface area contributed by atoms with Crippen LogP contribution in [-0.4, -0.2) is 43.7 Å². The first-order valence-corrected chi connectivity index (χ1v) is 7.82. The summed E-state index contributed by atoms with van der Waals surface area (Å²) in [5.41, 5.74) is 0. The number of hydrogen-bond donors (Lipinski definition) is 3. The van der Waals surface area contributed by atoms with E-state index in [4.69, 9.17) is 5.11 Å². The summed E-state index contributed by atoms with van der Waals surface area (Å²) in [6.07, 6.45) is 0.426. The first-order chi connectivity index (χ1) is 8.68. The molecule has 2 atom stereocenters. The Hall–Kier alpha value is -1.15. The van der Waals surface area contributed by atoms with Gasteiger partial charge in [0.2, 0.25) is 15.9 Å². The van der Waals surface area contributed by atoms with E-state index in [2.05, 4.69) is 10.0 Å². The van der Waals surface area contributed by atoms with E-state index in [9.17, 15) is 18.0 Å². The molecule has 0 aliphatic rings. The summed E-state index contributed by atoms with van der Waals surface area (Å²) in [6, 6.07) is -0.867. The highest BCUT2D eigenvalue weighted by Gasteiger charge is 2.20. The Morgan fingerprint density at radius 1 is 1.26 bits per heavy atom. The minimum Gasteiger partial charge on any atom is -0.481 e. The van der Waals surface area contributed by atoms with Crippen LogP contribution in [0.25, 0.3) is 0 Å². The summed E-state index contributed by atoms with van der Waals surface area (Å²) in [5.74, 6) is -1.63. The zero-order valence-electron chi connectivity index (χ0n) is 11.5. The second kappa shape index (κ2) is 8.11. The van der Waals surface area contributed by atoms with E-state index in [1.165, 1.54) is 6.92 Å². The second-order valence-corrected chi connectivity index (χ2v) is 6.48. The fourth-order valence-electron chi connectivity index (χ4n) is 1.45. The van der Waals surface area contributed by atoms with E-state index in [0.29, 0.717) is 6.42 Å². The largest absolute Gasteiger partial charge is 0.481 e. The third kappa shape index (κ3) is 8.55. The first kappa shape index (κ1) is 17.8. The zero-order chi connectivity index (χ0) is 15.1. The lowest BCUT2D eigenvalue weighted by Gasteiger charge is -2.16. The predicted octanol–water partition coefficient (Wildman–Crippen LogP) is -0.0687. The lowest BCUT2D eigenvalue weighted by molar-refractivity contribution is -0.138. The average Bonchev–Trinajstić information content (AvgIpc) is 2.23. The molecule has 19 heavy (non-hydrogen) atoms. The Kier molecular flexibility index (Phi) is 7.62. The maximum Gasteiger partial charge on any atom is 0.303 e. The number of carbonyl (C=O) groups is 2. The van der Waals surface area contributed by atoms with Crippen LogP contribution >= 0.6 is 0 Å². The van der Waals surface area contributed by atoms with Crippen LogP contribution in [0, 0.1) is 5.92 Å². The predicted molar refractivity (Wildman–Crippen MR) is 71.1 cm³/mol. The fourth-order valence-corrected chi connectivity index (χ4v) is 2.75. The molecule has 0 heterocycles. The van der Waals surface area contributed by atoms with Crippen LogP contribution in [0.3, 0.4) is 0 Å². The van der Waals surface area contributed by atoms with Crippen molar-refractivity contribution in [3.63, 3.8) is 0 Å². The third-order valence-electron chi connectivity index (χ3n) is 2.37. The van der Waals surface area contributed by atoms with Crippen LogP contribution in [0.4, 0.5) is 0 Å². The van der Waals surface area contributed by atoms with Crippen LogP contribution in [0.1, 0.15) is 33.6 Å². The van der Waals surface area contributed by atoms with E-state index in [1.54, 1.807) is 13.8 Å². The molecule has 112 valence electrons. The van der Waals surface area contributed by atoms with Gasteiger partial charge in [-0.05, 0) is 19.3 Å². The van der Waals surface area contributed by atoms with Crippen molar-refractivity contribution in [2.45, 2.75) is 39.7 Å². The number of hydrogen-bond acceptors (Lipinski definition) is 4. The first-order valence-electron chi connectivity index (χ1n) is 6.17. The molecule has 0 aliphatic carbocycles. The number of sulfonamides is 1. The highest BCUT2D eigenvalue weighted by atomic mass is 32.2. The van der Waals surface area contributed by atoms with Crippen molar-refractivity contribution < 1.29 is 23.1 Å². The summed E-state index contributed by atoms with van der Waals surface area (Å²) in [4.78, 5) is 22.1. The number of aliphatic carboxylic acids is 1. The molecule has 0 radical (unpaired) electrons. The molecule has 0 aromatic rings. The molecule has 0 rings (SSSR count). The number of rotatable bonds is 9. The molecular weight excluding hydrogens is 272 g/mol. The van der Waals surface area contributed by atoms with E-state index in [1.807, 2.05) is 0 Å². The van der Waals surface area contributed by atoms with Gasteiger partial charge in [0.15, 0.2) is 0 Å². The maximum absolute atomic E-state index is 11.6. The summed E-state index contributed by atoms with van der Waals surface area (Å²) in [7, 11) is -3.44. The van der Waals surface area contributed by atoms with Gasteiger partial charge in [-0.3, -0.25) is 9.59 Å². The Labute approximate surface area is 113 Å². The number of carboxylic acids is 1. The Morgan fingerprint density at radius 2 is 1.84 bits per heavy atom. The number of nitrogens with one attached hydrogen (secondary N) is 2. The molecule has 0 bridgehead atoms. The number of amides is 1. The smallest absolute Gasteiger partial charge is 0.303 e. The van der Waals surface area contributed by atoms with Crippen molar-refractivity contribution in [3.05, 3.63) is 0 Å². The van der Waals surface area contributed by atoms with E-state index in [-0.39, 0.29) is 24.6 Å². The Morgan fingerprint density at radius 3 is 2.32 bits per heavy atom. The van der Waals surface area contributed by atoms with Gasteiger partial charge in [0.05, 0.1) is 11.8 Å². The molecule has 0 aromatic carbocycles. The topological polar surface area (TPSA) is 113 Å². The van der Waals surface area contributed by atoms with Crippen molar-refractivity contribution in [2.24, 2.45) is 5.92 Å². The molecule has 8 heteroatoms. The van der Waals surface area contributed by atoms with Gasteiger partial charge in [0.25, 0.3) is 0 Å². The van der Waals surface area contributed by atoms with Gasteiger partial charge in [-0.15, -0.1) is 0 Å². The molecule has 0 aliphatic heterocycles. The molecule has 0 saturated heterocycles. The van der Waals surface area contributed by atoms with E-state index < -0.39 is 27.9 Å². The fraction of sp³-hybridized carbons (Fsp3) is 0.818. The van der Waals surface area contributed by atoms with Crippen molar-refractivity contribution in [2.75, 3.05) is 12.3 Å². The minimum atomic E-state index is -3.44. The molecule has 1 amide bonds. The molecule has 3 N–H and O–H groups in total. The molecule has 0 aromatic heterocycles. The van der Waals surface area contributed by atoms with Crippen LogP contribution in [0.15, 0.2) is 0 Å². The van der Waals surface area contributed by atoms with Crippen LogP contribution in [0.2, 0.25) is 0 Å². The highest BCUT2D eigenvalue weighted by molar-refractivity contribution is 7.89. The van der Waals surface area contributed by atoms with E-state index in [0.717, 1.165) is 0 Å². The lowest BCUT2D eigenvalue weighted by Crippen LogP contribution is -2.46. The van der Waals surface area contributed by atoms with Gasteiger partial charge in [0.1, 0.15) is 0 Å². The summed E-state index contributed by atoms with van der Waals surface area (Å²) >= 11 is 0. The molecule has 0 spiro atoms. The third-order valence-corrected chi connectivity index (χ3v) is 4.03. The molecular formula is C11H22N2O5S. The SMILES string of the molecule is CCCS(=O)(=O)NC(C)C(=O)NCC(C)CC(=O)O. The summed E-state index contributed by atoms with van der Waals surface area (Å²) < 4.78 is 25.2. The minimum absolute atomic E-state index is 0.0277. The highest BCUT2D eigenvalue weighted by Crippen LogP contribution is 2.00. The van der Waals surface area contributed by atoms with Gasteiger partial charge in [-0.2, -0.15) is 0 Å². The van der Waals surface area contributed by atoms with Gasteiger partial charge >= 0.3 is 5.97 Å². The summed E-state index contributed by atoms with van der Waals surface area (Å²) in [6.45, 7) is 5.08. The van der Waals surface area contributed by atoms with Crippen molar-refractivity contribution in [1.82, 2.24) is 10.0 Å². The van der Waals surface area contributed by atoms with Crippen molar-refractivity contribution in [1.29, 1.82) is 0 Å².